The summed E-state index contributed by atoms with van der Waals surface area (Å²) < 4.78 is 22.4. The minimum Gasteiger partial charge on any atom is -0.282 e. The van der Waals surface area contributed by atoms with Gasteiger partial charge in [0.15, 0.2) is 0 Å². The van der Waals surface area contributed by atoms with Crippen LogP contribution in [0.3, 0.4) is 0 Å². The predicted octanol–water partition coefficient (Wildman–Crippen LogP) is 1.97. The highest BCUT2D eigenvalue weighted by atomic mass is 32.2. The molecule has 16 heavy (non-hydrogen) atoms. The molecule has 0 aliphatic carbocycles. The van der Waals surface area contributed by atoms with Gasteiger partial charge in [0.2, 0.25) is 15.0 Å². The van der Waals surface area contributed by atoms with Crippen molar-refractivity contribution in [1.82, 2.24) is 0 Å². The second-order valence-electron chi connectivity index (χ2n) is 3.75. The monoisotopic (exact) mass is 240 g/mol. The van der Waals surface area contributed by atoms with Crippen molar-refractivity contribution < 1.29 is 13.2 Å². The largest absolute Gasteiger partial charge is 0.282 e. The van der Waals surface area contributed by atoms with Crippen LogP contribution in [-0.2, 0) is 21.1 Å². The molecule has 0 heterocycles. The van der Waals surface area contributed by atoms with E-state index in [1.807, 2.05) is 30.3 Å². The van der Waals surface area contributed by atoms with Crippen molar-refractivity contribution in [1.29, 1.82) is 0 Å². The molecule has 0 saturated carbocycles. The van der Waals surface area contributed by atoms with E-state index in [-0.39, 0.29) is 5.75 Å². The first kappa shape index (κ1) is 12.9. The van der Waals surface area contributed by atoms with Gasteiger partial charge in [0.05, 0.1) is 5.75 Å². The fraction of sp³-hybridized carbons (Fsp3) is 0.417. The molecule has 1 aromatic rings. The van der Waals surface area contributed by atoms with Crippen LogP contribution in [0.25, 0.3) is 0 Å². The van der Waals surface area contributed by atoms with E-state index in [1.54, 1.807) is 0 Å². The lowest BCUT2D eigenvalue weighted by molar-refractivity contribution is -0.109. The van der Waals surface area contributed by atoms with E-state index in [4.69, 9.17) is 0 Å². The van der Waals surface area contributed by atoms with Crippen LogP contribution < -0.4 is 0 Å². The SMILES string of the molecule is CC(=O)S(=O)(=O)CCCCc1ccccc1. The lowest BCUT2D eigenvalue weighted by Crippen LogP contribution is -2.14. The first-order valence-corrected chi connectivity index (χ1v) is 6.95. The van der Waals surface area contributed by atoms with Crippen LogP contribution in [0, 0.1) is 0 Å². The fourth-order valence-electron chi connectivity index (χ4n) is 1.41. The number of unbranched alkanes of at least 4 members (excludes halogenated alkanes) is 1. The fourth-order valence-corrected chi connectivity index (χ4v) is 2.28. The molecule has 0 fully saturated rings. The zero-order valence-corrected chi connectivity index (χ0v) is 10.2. The van der Waals surface area contributed by atoms with Crippen molar-refractivity contribution in [3.63, 3.8) is 0 Å². The Kier molecular flexibility index (Phi) is 4.68. The van der Waals surface area contributed by atoms with Crippen molar-refractivity contribution in [2.45, 2.75) is 26.2 Å². The summed E-state index contributed by atoms with van der Waals surface area (Å²) in [5, 5.41) is -0.729. The number of hydrogen-bond donors (Lipinski definition) is 0. The summed E-state index contributed by atoms with van der Waals surface area (Å²) >= 11 is 0. The molecule has 0 aliphatic rings. The van der Waals surface area contributed by atoms with Gasteiger partial charge in [-0.3, -0.25) is 4.79 Å². The maximum Gasteiger partial charge on any atom is 0.243 e. The average Bonchev–Trinajstić information content (AvgIpc) is 2.26. The topological polar surface area (TPSA) is 51.2 Å². The van der Waals surface area contributed by atoms with Crippen molar-refractivity contribution in [3.8, 4) is 0 Å². The van der Waals surface area contributed by atoms with Crippen molar-refractivity contribution in [2.24, 2.45) is 0 Å². The van der Waals surface area contributed by atoms with E-state index in [0.29, 0.717) is 6.42 Å². The van der Waals surface area contributed by atoms with E-state index in [0.717, 1.165) is 19.8 Å². The number of carbonyl (C=O) groups is 1. The minimum atomic E-state index is -3.49. The van der Waals surface area contributed by atoms with Gasteiger partial charge < -0.3 is 0 Å². The first-order chi connectivity index (χ1) is 7.52. The van der Waals surface area contributed by atoms with Crippen molar-refractivity contribution >= 4 is 15.0 Å². The molecule has 0 aromatic heterocycles. The molecule has 0 amide bonds. The van der Waals surface area contributed by atoms with Gasteiger partial charge >= 0.3 is 0 Å². The molecule has 0 saturated heterocycles. The standard InChI is InChI=1S/C12H16O3S/c1-11(13)16(14,15)10-6-5-9-12-7-3-2-4-8-12/h2-4,7-8H,5-6,9-10H2,1H3. The Morgan fingerprint density at radius 1 is 1.12 bits per heavy atom. The Morgan fingerprint density at radius 3 is 2.31 bits per heavy atom. The number of benzene rings is 1. The Bertz CT molecular complexity index is 435. The van der Waals surface area contributed by atoms with Crippen LogP contribution in [-0.4, -0.2) is 19.3 Å². The summed E-state index contributed by atoms with van der Waals surface area (Å²) in [4.78, 5) is 10.7. The summed E-state index contributed by atoms with van der Waals surface area (Å²) in [6.45, 7) is 1.10. The van der Waals surface area contributed by atoms with E-state index in [2.05, 4.69) is 0 Å². The molecule has 0 atom stereocenters. The predicted molar refractivity (Wildman–Crippen MR) is 63.8 cm³/mol. The number of hydrogen-bond acceptors (Lipinski definition) is 3. The Labute approximate surface area is 96.4 Å². The Morgan fingerprint density at radius 2 is 1.75 bits per heavy atom. The normalized spacial score (nSPS) is 11.3. The third kappa shape index (κ3) is 4.14. The van der Waals surface area contributed by atoms with Gasteiger partial charge in [0, 0.05) is 6.92 Å². The van der Waals surface area contributed by atoms with Crippen LogP contribution in [0.5, 0.6) is 0 Å². The molecule has 88 valence electrons. The van der Waals surface area contributed by atoms with E-state index >= 15 is 0 Å². The Balaban J connectivity index is 2.31. The molecule has 0 radical (unpaired) electrons. The quantitative estimate of drug-likeness (QED) is 0.739. The molecular weight excluding hydrogens is 224 g/mol. The highest BCUT2D eigenvalue weighted by molar-refractivity contribution is 8.06. The maximum atomic E-state index is 11.2. The van der Waals surface area contributed by atoms with Gasteiger partial charge in [0.25, 0.3) is 0 Å². The molecule has 1 aromatic carbocycles. The van der Waals surface area contributed by atoms with Gasteiger partial charge in [-0.2, -0.15) is 0 Å². The summed E-state index contributed by atoms with van der Waals surface area (Å²) in [6.07, 6.45) is 2.18. The van der Waals surface area contributed by atoms with Crippen LogP contribution in [0.15, 0.2) is 30.3 Å². The molecule has 1 rings (SSSR count). The van der Waals surface area contributed by atoms with Crippen LogP contribution in [0.4, 0.5) is 0 Å². The minimum absolute atomic E-state index is 0.0326. The lowest BCUT2D eigenvalue weighted by Gasteiger charge is -2.01. The van der Waals surface area contributed by atoms with E-state index < -0.39 is 15.0 Å². The molecular formula is C12H16O3S. The van der Waals surface area contributed by atoms with Crippen molar-refractivity contribution in [3.05, 3.63) is 35.9 Å². The molecule has 0 spiro atoms. The second kappa shape index (κ2) is 5.80. The highest BCUT2D eigenvalue weighted by Gasteiger charge is 2.15. The van der Waals surface area contributed by atoms with Crippen LogP contribution in [0.1, 0.15) is 25.3 Å². The molecule has 3 nitrogen and oxygen atoms in total. The Hall–Kier alpha value is -1.16. The number of carbonyl (C=O) groups excluding carboxylic acids is 1. The smallest absolute Gasteiger partial charge is 0.243 e. The zero-order valence-electron chi connectivity index (χ0n) is 9.35. The molecule has 0 bridgehead atoms. The lowest BCUT2D eigenvalue weighted by atomic mass is 10.1. The van der Waals surface area contributed by atoms with Gasteiger partial charge in [-0.1, -0.05) is 30.3 Å². The molecule has 0 unspecified atom stereocenters. The summed E-state index contributed by atoms with van der Waals surface area (Å²) in [5.74, 6) is -0.0326. The zero-order chi connectivity index (χ0) is 12.0. The number of rotatable bonds is 5. The third-order valence-electron chi connectivity index (χ3n) is 2.41. The number of sulfone groups is 1. The second-order valence-corrected chi connectivity index (χ2v) is 5.97. The first-order valence-electron chi connectivity index (χ1n) is 5.29. The summed E-state index contributed by atoms with van der Waals surface area (Å²) in [6, 6.07) is 9.89. The van der Waals surface area contributed by atoms with Gasteiger partial charge in [-0.05, 0) is 24.8 Å². The molecule has 4 heteroatoms. The van der Waals surface area contributed by atoms with E-state index in [1.165, 1.54) is 5.56 Å². The molecule has 0 aliphatic heterocycles. The van der Waals surface area contributed by atoms with Crippen molar-refractivity contribution in [2.75, 3.05) is 5.75 Å². The third-order valence-corrected chi connectivity index (χ3v) is 4.11. The average molecular weight is 240 g/mol. The maximum absolute atomic E-state index is 11.2. The molecule has 0 N–H and O–H groups in total. The summed E-state index contributed by atoms with van der Waals surface area (Å²) in [7, 11) is -3.49. The van der Waals surface area contributed by atoms with Gasteiger partial charge in [-0.25, -0.2) is 8.42 Å². The van der Waals surface area contributed by atoms with Gasteiger partial charge in [-0.15, -0.1) is 0 Å². The summed E-state index contributed by atoms with van der Waals surface area (Å²) in [5.41, 5.74) is 1.20. The highest BCUT2D eigenvalue weighted by Crippen LogP contribution is 2.06. The number of aryl methyl sites for hydroxylation is 1. The van der Waals surface area contributed by atoms with Crippen LogP contribution >= 0.6 is 0 Å². The van der Waals surface area contributed by atoms with Crippen LogP contribution in [0.2, 0.25) is 0 Å². The van der Waals surface area contributed by atoms with Gasteiger partial charge in [0.1, 0.15) is 0 Å². The van der Waals surface area contributed by atoms with E-state index in [9.17, 15) is 13.2 Å².